The molecule has 6 heteroatoms. The summed E-state index contributed by atoms with van der Waals surface area (Å²) < 4.78 is 0. The maximum absolute atomic E-state index is 12.4. The predicted octanol–water partition coefficient (Wildman–Crippen LogP) is 3.67. The van der Waals surface area contributed by atoms with E-state index in [0.717, 1.165) is 19.3 Å². The van der Waals surface area contributed by atoms with Crippen LogP contribution < -0.4 is 5.32 Å². The zero-order valence-electron chi connectivity index (χ0n) is 12.0. The van der Waals surface area contributed by atoms with E-state index in [0.29, 0.717) is 16.8 Å². The summed E-state index contributed by atoms with van der Waals surface area (Å²) >= 11 is 3.51. The Bertz CT molecular complexity index is 549. The number of alkyl halides is 1. The summed E-state index contributed by atoms with van der Waals surface area (Å²) in [5.74, 6) is 0.328. The number of hydrogen-bond donors (Lipinski definition) is 1. The molecule has 114 valence electrons. The SMILES string of the molecule is CC1CCCC(CBr)(NC(=O)c2cccc([N+](=O)[O-])c2)C1. The van der Waals surface area contributed by atoms with Gasteiger partial charge in [-0.1, -0.05) is 41.8 Å². The molecule has 0 heterocycles. The molecule has 0 spiro atoms. The Morgan fingerprint density at radius 1 is 1.57 bits per heavy atom. The summed E-state index contributed by atoms with van der Waals surface area (Å²) in [5.41, 5.74) is 0.0228. The first-order valence-electron chi connectivity index (χ1n) is 7.09. The summed E-state index contributed by atoms with van der Waals surface area (Å²) in [6, 6.07) is 5.86. The monoisotopic (exact) mass is 354 g/mol. The molecule has 2 rings (SSSR count). The van der Waals surface area contributed by atoms with Crippen LogP contribution in [-0.4, -0.2) is 21.7 Å². The number of nitro groups is 1. The summed E-state index contributed by atoms with van der Waals surface area (Å²) in [7, 11) is 0. The maximum Gasteiger partial charge on any atom is 0.270 e. The summed E-state index contributed by atoms with van der Waals surface area (Å²) in [6.45, 7) is 2.19. The van der Waals surface area contributed by atoms with Crippen molar-refractivity contribution in [3.8, 4) is 0 Å². The van der Waals surface area contributed by atoms with E-state index in [1.54, 1.807) is 6.07 Å². The molecule has 0 aliphatic heterocycles. The Morgan fingerprint density at radius 3 is 2.95 bits per heavy atom. The average molecular weight is 355 g/mol. The zero-order chi connectivity index (χ0) is 15.5. The molecule has 1 fully saturated rings. The van der Waals surface area contributed by atoms with E-state index in [1.807, 2.05) is 0 Å². The fourth-order valence-electron chi connectivity index (χ4n) is 3.00. The van der Waals surface area contributed by atoms with Gasteiger partial charge in [0.2, 0.25) is 0 Å². The topological polar surface area (TPSA) is 72.2 Å². The molecular weight excluding hydrogens is 336 g/mol. The maximum atomic E-state index is 12.4. The Kier molecular flexibility index (Phi) is 4.98. The van der Waals surface area contributed by atoms with E-state index in [2.05, 4.69) is 28.2 Å². The van der Waals surface area contributed by atoms with Crippen molar-refractivity contribution in [3.63, 3.8) is 0 Å². The Hall–Kier alpha value is -1.43. The molecule has 1 aromatic carbocycles. The first kappa shape index (κ1) is 15.9. The fourth-order valence-corrected chi connectivity index (χ4v) is 3.65. The minimum Gasteiger partial charge on any atom is -0.346 e. The quantitative estimate of drug-likeness (QED) is 0.509. The minimum absolute atomic E-state index is 0.0624. The molecule has 2 atom stereocenters. The highest BCUT2D eigenvalue weighted by molar-refractivity contribution is 9.09. The van der Waals surface area contributed by atoms with E-state index in [-0.39, 0.29) is 17.1 Å². The van der Waals surface area contributed by atoms with Gasteiger partial charge in [-0.2, -0.15) is 0 Å². The van der Waals surface area contributed by atoms with Crippen LogP contribution in [0.4, 0.5) is 5.69 Å². The molecular formula is C15H19BrN2O3. The number of halogens is 1. The predicted molar refractivity (Wildman–Crippen MR) is 84.7 cm³/mol. The highest BCUT2D eigenvalue weighted by Gasteiger charge is 2.35. The lowest BCUT2D eigenvalue weighted by Gasteiger charge is -2.39. The largest absolute Gasteiger partial charge is 0.346 e. The molecule has 0 saturated heterocycles. The number of amides is 1. The van der Waals surface area contributed by atoms with Gasteiger partial charge < -0.3 is 5.32 Å². The van der Waals surface area contributed by atoms with Gasteiger partial charge >= 0.3 is 0 Å². The second-order valence-corrected chi connectivity index (χ2v) is 6.44. The van der Waals surface area contributed by atoms with Gasteiger partial charge in [0.05, 0.1) is 10.5 Å². The average Bonchev–Trinajstić information content (AvgIpc) is 2.47. The van der Waals surface area contributed by atoms with Gasteiger partial charge in [0.25, 0.3) is 11.6 Å². The van der Waals surface area contributed by atoms with E-state index in [9.17, 15) is 14.9 Å². The smallest absolute Gasteiger partial charge is 0.270 e. The van der Waals surface area contributed by atoms with Crippen molar-refractivity contribution in [2.75, 3.05) is 5.33 Å². The molecule has 1 aliphatic rings. The van der Waals surface area contributed by atoms with Gasteiger partial charge in [0, 0.05) is 23.0 Å². The number of benzene rings is 1. The third-order valence-electron chi connectivity index (χ3n) is 4.05. The number of nitro benzene ring substituents is 1. The zero-order valence-corrected chi connectivity index (χ0v) is 13.6. The Balaban J connectivity index is 2.16. The van der Waals surface area contributed by atoms with E-state index >= 15 is 0 Å². The van der Waals surface area contributed by atoms with Crippen molar-refractivity contribution < 1.29 is 9.72 Å². The molecule has 0 bridgehead atoms. The lowest BCUT2D eigenvalue weighted by Crippen LogP contribution is -2.52. The van der Waals surface area contributed by atoms with E-state index < -0.39 is 4.92 Å². The van der Waals surface area contributed by atoms with Crippen LogP contribution in [0.5, 0.6) is 0 Å². The number of carbonyl (C=O) groups is 1. The van der Waals surface area contributed by atoms with Crippen LogP contribution in [0.2, 0.25) is 0 Å². The van der Waals surface area contributed by atoms with Gasteiger partial charge in [0.1, 0.15) is 0 Å². The number of hydrogen-bond acceptors (Lipinski definition) is 3. The van der Waals surface area contributed by atoms with Crippen LogP contribution >= 0.6 is 15.9 Å². The molecule has 2 unspecified atom stereocenters. The fraction of sp³-hybridized carbons (Fsp3) is 0.533. The molecule has 21 heavy (non-hydrogen) atoms. The molecule has 0 radical (unpaired) electrons. The number of non-ortho nitro benzene ring substituents is 1. The van der Waals surface area contributed by atoms with Crippen molar-refractivity contribution in [3.05, 3.63) is 39.9 Å². The van der Waals surface area contributed by atoms with Crippen LogP contribution in [-0.2, 0) is 0 Å². The summed E-state index contributed by atoms with van der Waals surface area (Å²) in [4.78, 5) is 22.7. The van der Waals surface area contributed by atoms with Gasteiger partial charge in [-0.05, 0) is 24.8 Å². The number of rotatable bonds is 4. The second-order valence-electron chi connectivity index (χ2n) is 5.88. The first-order chi connectivity index (χ1) is 9.96. The van der Waals surface area contributed by atoms with Crippen LogP contribution in [0.15, 0.2) is 24.3 Å². The van der Waals surface area contributed by atoms with Crippen molar-refractivity contribution in [1.82, 2.24) is 5.32 Å². The van der Waals surface area contributed by atoms with E-state index in [4.69, 9.17) is 0 Å². The van der Waals surface area contributed by atoms with Crippen molar-refractivity contribution in [1.29, 1.82) is 0 Å². The van der Waals surface area contributed by atoms with Crippen molar-refractivity contribution in [2.45, 2.75) is 38.1 Å². The van der Waals surface area contributed by atoms with Crippen molar-refractivity contribution in [2.24, 2.45) is 5.92 Å². The summed E-state index contributed by atoms with van der Waals surface area (Å²) in [5, 5.41) is 14.6. The highest BCUT2D eigenvalue weighted by atomic mass is 79.9. The number of nitrogens with one attached hydrogen (secondary N) is 1. The molecule has 1 aromatic rings. The lowest BCUT2D eigenvalue weighted by molar-refractivity contribution is -0.384. The van der Waals surface area contributed by atoms with Crippen LogP contribution in [0.1, 0.15) is 43.0 Å². The summed E-state index contributed by atoms with van der Waals surface area (Å²) in [6.07, 6.45) is 4.13. The minimum atomic E-state index is -0.486. The highest BCUT2D eigenvalue weighted by Crippen LogP contribution is 2.34. The number of nitrogens with zero attached hydrogens (tertiary/aromatic N) is 1. The molecule has 1 aliphatic carbocycles. The van der Waals surface area contributed by atoms with Gasteiger partial charge in [-0.3, -0.25) is 14.9 Å². The standard InChI is InChI=1S/C15H19BrN2O3/c1-11-4-3-7-15(9-11,10-16)17-14(19)12-5-2-6-13(8-12)18(20)21/h2,5-6,8,11H,3-4,7,9-10H2,1H3,(H,17,19). The second kappa shape index (κ2) is 6.56. The van der Waals surface area contributed by atoms with Crippen molar-refractivity contribution >= 4 is 27.5 Å². The normalized spacial score (nSPS) is 25.3. The van der Waals surface area contributed by atoms with E-state index in [1.165, 1.54) is 24.6 Å². The molecule has 0 aromatic heterocycles. The lowest BCUT2D eigenvalue weighted by atomic mass is 9.77. The van der Waals surface area contributed by atoms with Crippen LogP contribution in [0.3, 0.4) is 0 Å². The first-order valence-corrected chi connectivity index (χ1v) is 8.21. The molecule has 5 nitrogen and oxygen atoms in total. The molecule has 1 amide bonds. The van der Waals surface area contributed by atoms with Crippen LogP contribution in [0.25, 0.3) is 0 Å². The Morgan fingerprint density at radius 2 is 2.33 bits per heavy atom. The van der Waals surface area contributed by atoms with Gasteiger partial charge in [-0.25, -0.2) is 0 Å². The van der Waals surface area contributed by atoms with Gasteiger partial charge in [0.15, 0.2) is 0 Å². The Labute approximate surface area is 132 Å². The molecule has 1 N–H and O–H groups in total. The third-order valence-corrected chi connectivity index (χ3v) is 5.12. The third kappa shape index (κ3) is 3.81. The van der Waals surface area contributed by atoms with Gasteiger partial charge in [-0.15, -0.1) is 0 Å². The molecule has 1 saturated carbocycles. The van der Waals surface area contributed by atoms with Crippen LogP contribution in [0, 0.1) is 16.0 Å². The number of carbonyl (C=O) groups excluding carboxylic acids is 1.